The van der Waals surface area contributed by atoms with Gasteiger partial charge in [0.2, 0.25) is 0 Å². The Morgan fingerprint density at radius 3 is 3.38 bits per heavy atom. The predicted molar refractivity (Wildman–Crippen MR) is 34.1 cm³/mol. The van der Waals surface area contributed by atoms with Crippen molar-refractivity contribution in [1.82, 2.24) is 4.98 Å². The van der Waals surface area contributed by atoms with Crippen molar-refractivity contribution in [3.05, 3.63) is 18.0 Å². The Labute approximate surface area is 49.4 Å². The summed E-state index contributed by atoms with van der Waals surface area (Å²) in [4.78, 5) is 3.04. The van der Waals surface area contributed by atoms with Gasteiger partial charge in [-0.1, -0.05) is 0 Å². The van der Waals surface area contributed by atoms with Crippen LogP contribution in [-0.2, 0) is 6.42 Å². The zero-order chi connectivity index (χ0) is 5.40. The third kappa shape index (κ3) is 0.372. The van der Waals surface area contributed by atoms with Crippen LogP contribution in [0.1, 0.15) is 6.99 Å². The van der Waals surface area contributed by atoms with Gasteiger partial charge in [-0.3, -0.25) is 0 Å². The quantitative estimate of drug-likeness (QED) is 0.513. The zero-order valence-corrected chi connectivity index (χ0v) is 4.57. The molecule has 8 heavy (non-hydrogen) atoms. The van der Waals surface area contributed by atoms with Gasteiger partial charge in [-0.15, -0.1) is 0 Å². The number of anilines is 1. The molecular formula is C6H9N2+. The summed E-state index contributed by atoms with van der Waals surface area (Å²) in [5.74, 6) is 0. The van der Waals surface area contributed by atoms with Crippen LogP contribution in [0.2, 0.25) is 0 Å². The lowest BCUT2D eigenvalue weighted by Crippen LogP contribution is -1.91. The van der Waals surface area contributed by atoms with Crippen molar-refractivity contribution < 1.29 is 1.43 Å². The molecule has 0 unspecified atom stereocenters. The van der Waals surface area contributed by atoms with E-state index in [9.17, 15) is 0 Å². The van der Waals surface area contributed by atoms with Crippen LogP contribution in [-0.4, -0.2) is 11.5 Å². The molecule has 42 valence electrons. The largest absolute Gasteiger partial charge is 1.00 e. The van der Waals surface area contributed by atoms with Crippen molar-refractivity contribution in [3.8, 4) is 0 Å². The van der Waals surface area contributed by atoms with Crippen molar-refractivity contribution in [2.24, 2.45) is 0 Å². The van der Waals surface area contributed by atoms with Crippen LogP contribution in [0, 0.1) is 0 Å². The molecule has 1 aliphatic rings. The molecule has 1 aliphatic heterocycles. The Morgan fingerprint density at radius 2 is 2.50 bits per heavy atom. The fourth-order valence-electron chi connectivity index (χ4n) is 1.10. The highest BCUT2D eigenvalue weighted by atomic mass is 14.9. The standard InChI is InChI=1S/C6H8N2/c1-2-8-6-4-7-3-5(1)6/h3-4,7-8H,1-2H2/p+1. The molecule has 0 bridgehead atoms. The van der Waals surface area contributed by atoms with Crippen LogP contribution in [0.25, 0.3) is 0 Å². The van der Waals surface area contributed by atoms with Gasteiger partial charge in [0.15, 0.2) is 0 Å². The minimum absolute atomic E-state index is 0. The molecular weight excluding hydrogens is 100 g/mol. The predicted octanol–water partition coefficient (Wildman–Crippen LogP) is 1.10. The molecule has 2 heterocycles. The lowest BCUT2D eigenvalue weighted by Gasteiger charge is -1.86. The molecule has 0 fully saturated rings. The number of fused-ring (bicyclic) bond motifs is 1. The van der Waals surface area contributed by atoms with Gasteiger partial charge in [-0.05, 0) is 12.0 Å². The third-order valence-corrected chi connectivity index (χ3v) is 1.54. The molecule has 0 aromatic carbocycles. The lowest BCUT2D eigenvalue weighted by atomic mass is 10.3. The molecule has 0 amide bonds. The molecule has 0 spiro atoms. The Bertz CT molecular complexity index is 176. The summed E-state index contributed by atoms with van der Waals surface area (Å²) in [6.45, 7) is 1.11. The highest BCUT2D eigenvalue weighted by Gasteiger charge is 2.07. The first kappa shape index (κ1) is 4.01. The molecule has 0 atom stereocenters. The van der Waals surface area contributed by atoms with E-state index >= 15 is 0 Å². The van der Waals surface area contributed by atoms with Gasteiger partial charge in [0, 0.05) is 18.9 Å². The summed E-state index contributed by atoms with van der Waals surface area (Å²) in [6.07, 6.45) is 5.23. The molecule has 1 aromatic rings. The van der Waals surface area contributed by atoms with E-state index < -0.39 is 0 Å². The normalized spacial score (nSPS) is 15.5. The molecule has 2 heteroatoms. The third-order valence-electron chi connectivity index (χ3n) is 1.54. The minimum Gasteiger partial charge on any atom is -0.383 e. The molecule has 2 rings (SSSR count). The van der Waals surface area contributed by atoms with Crippen molar-refractivity contribution >= 4 is 5.69 Å². The topological polar surface area (TPSA) is 27.8 Å². The zero-order valence-electron chi connectivity index (χ0n) is 5.57. The highest BCUT2D eigenvalue weighted by molar-refractivity contribution is 5.53. The summed E-state index contributed by atoms with van der Waals surface area (Å²) in [7, 11) is 0. The van der Waals surface area contributed by atoms with Gasteiger partial charge in [-0.25, -0.2) is 0 Å². The summed E-state index contributed by atoms with van der Waals surface area (Å²) in [5, 5.41) is 3.25. The van der Waals surface area contributed by atoms with E-state index in [0.717, 1.165) is 6.54 Å². The first-order chi connectivity index (χ1) is 3.97. The van der Waals surface area contributed by atoms with Gasteiger partial charge < -0.3 is 10.3 Å². The number of hydrogen-bond donors (Lipinski definition) is 2. The lowest BCUT2D eigenvalue weighted by molar-refractivity contribution is 1.09. The fourth-order valence-corrected chi connectivity index (χ4v) is 1.10. The van der Waals surface area contributed by atoms with Gasteiger partial charge in [0.05, 0.1) is 5.69 Å². The van der Waals surface area contributed by atoms with E-state index in [2.05, 4.69) is 16.5 Å². The maximum absolute atomic E-state index is 3.25. The molecule has 2 nitrogen and oxygen atoms in total. The van der Waals surface area contributed by atoms with E-state index in [-0.39, 0.29) is 1.43 Å². The van der Waals surface area contributed by atoms with E-state index in [1.54, 1.807) is 0 Å². The van der Waals surface area contributed by atoms with Gasteiger partial charge in [-0.2, -0.15) is 0 Å². The van der Waals surface area contributed by atoms with Gasteiger partial charge in [0.1, 0.15) is 0 Å². The average molecular weight is 109 g/mol. The van der Waals surface area contributed by atoms with Crippen LogP contribution in [0.15, 0.2) is 12.4 Å². The Hall–Kier alpha value is -0.920. The highest BCUT2D eigenvalue weighted by Crippen LogP contribution is 2.19. The monoisotopic (exact) mass is 109 g/mol. The van der Waals surface area contributed by atoms with Crippen molar-refractivity contribution in [2.45, 2.75) is 6.42 Å². The molecule has 0 aliphatic carbocycles. The molecule has 0 saturated carbocycles. The second-order valence-corrected chi connectivity index (χ2v) is 2.07. The van der Waals surface area contributed by atoms with Crippen LogP contribution in [0.4, 0.5) is 5.69 Å². The van der Waals surface area contributed by atoms with Gasteiger partial charge in [0.25, 0.3) is 0 Å². The smallest absolute Gasteiger partial charge is 0.383 e. The van der Waals surface area contributed by atoms with E-state index in [1.165, 1.54) is 17.7 Å². The Morgan fingerprint density at radius 1 is 1.50 bits per heavy atom. The second-order valence-electron chi connectivity index (χ2n) is 2.07. The first-order valence-electron chi connectivity index (χ1n) is 2.86. The second kappa shape index (κ2) is 1.28. The SMILES string of the molecule is [H+].c1[nH]cc2c1CCN2. The summed E-state index contributed by atoms with van der Waals surface area (Å²) in [6, 6.07) is 0. The number of H-pyrrole nitrogens is 1. The molecule has 1 aromatic heterocycles. The average Bonchev–Trinajstić information content (AvgIpc) is 2.15. The molecule has 0 radical (unpaired) electrons. The fraction of sp³-hybridized carbons (Fsp3) is 0.333. The molecule has 2 N–H and O–H groups in total. The Kier molecular flexibility index (Phi) is 0.640. The van der Waals surface area contributed by atoms with E-state index in [4.69, 9.17) is 0 Å². The summed E-state index contributed by atoms with van der Waals surface area (Å²) in [5.41, 5.74) is 2.70. The van der Waals surface area contributed by atoms with Crippen LogP contribution >= 0.6 is 0 Å². The molecule has 0 saturated heterocycles. The number of nitrogens with one attached hydrogen (secondary N) is 2. The first-order valence-corrected chi connectivity index (χ1v) is 2.86. The number of hydrogen-bond acceptors (Lipinski definition) is 1. The van der Waals surface area contributed by atoms with Crippen molar-refractivity contribution in [1.29, 1.82) is 0 Å². The summed E-state index contributed by atoms with van der Waals surface area (Å²) >= 11 is 0. The minimum atomic E-state index is 0. The van der Waals surface area contributed by atoms with E-state index in [0.29, 0.717) is 0 Å². The number of aromatic amines is 1. The maximum Gasteiger partial charge on any atom is 1.00 e. The Balaban J connectivity index is 0.000000405. The van der Waals surface area contributed by atoms with Crippen molar-refractivity contribution in [2.75, 3.05) is 11.9 Å². The maximum atomic E-state index is 3.25. The van der Waals surface area contributed by atoms with Crippen LogP contribution < -0.4 is 5.32 Å². The van der Waals surface area contributed by atoms with Crippen LogP contribution in [0.5, 0.6) is 0 Å². The van der Waals surface area contributed by atoms with Crippen LogP contribution in [0.3, 0.4) is 0 Å². The summed E-state index contributed by atoms with van der Waals surface area (Å²) < 4.78 is 0. The number of rotatable bonds is 0. The van der Waals surface area contributed by atoms with E-state index in [1.807, 2.05) is 6.20 Å². The number of aromatic nitrogens is 1. The van der Waals surface area contributed by atoms with Crippen molar-refractivity contribution in [3.63, 3.8) is 0 Å². The van der Waals surface area contributed by atoms with Gasteiger partial charge >= 0.3 is 1.43 Å².